The van der Waals surface area contributed by atoms with Gasteiger partial charge < -0.3 is 19.2 Å². The number of carbonyl (C=O) groups is 1. The molecule has 0 aliphatic carbocycles. The van der Waals surface area contributed by atoms with Crippen molar-refractivity contribution in [2.75, 3.05) is 13.1 Å². The number of rotatable bonds is 2. The van der Waals surface area contributed by atoms with Gasteiger partial charge in [0.25, 0.3) is 5.82 Å². The predicted molar refractivity (Wildman–Crippen MR) is 77.3 cm³/mol. The molecule has 1 atom stereocenters. The van der Waals surface area contributed by atoms with Crippen LogP contribution in [0.15, 0.2) is 18.3 Å². The fourth-order valence-electron chi connectivity index (χ4n) is 2.02. The van der Waals surface area contributed by atoms with Crippen LogP contribution in [0, 0.1) is 6.57 Å². The lowest BCUT2D eigenvalue weighted by Crippen LogP contribution is -2.36. The van der Waals surface area contributed by atoms with Gasteiger partial charge in [-0.3, -0.25) is 0 Å². The number of carbonyl (C=O) groups excluding carboxylic acids is 1. The van der Waals surface area contributed by atoms with Gasteiger partial charge in [-0.15, -0.1) is 4.98 Å². The van der Waals surface area contributed by atoms with Crippen molar-refractivity contribution in [1.29, 1.82) is 0 Å². The quantitative estimate of drug-likeness (QED) is 0.785. The summed E-state index contributed by atoms with van der Waals surface area (Å²) >= 11 is 0. The van der Waals surface area contributed by atoms with Crippen LogP contribution in [0.1, 0.15) is 27.2 Å². The molecule has 1 aliphatic rings. The van der Waals surface area contributed by atoms with Crippen LogP contribution < -0.4 is 4.74 Å². The van der Waals surface area contributed by atoms with E-state index < -0.39 is 5.60 Å². The molecule has 0 N–H and O–H groups in total. The van der Waals surface area contributed by atoms with E-state index in [2.05, 4.69) is 9.83 Å². The monoisotopic (exact) mass is 289 g/mol. The van der Waals surface area contributed by atoms with Crippen molar-refractivity contribution in [3.8, 4) is 5.75 Å². The molecule has 0 bridgehead atoms. The van der Waals surface area contributed by atoms with Gasteiger partial charge in [0.1, 0.15) is 11.7 Å². The topological polar surface area (TPSA) is 56.0 Å². The van der Waals surface area contributed by atoms with Crippen LogP contribution in [0.4, 0.5) is 10.6 Å². The summed E-state index contributed by atoms with van der Waals surface area (Å²) in [7, 11) is 0. The minimum Gasteiger partial charge on any atom is -0.485 e. The second-order valence-corrected chi connectivity index (χ2v) is 5.92. The Morgan fingerprint density at radius 2 is 2.24 bits per heavy atom. The summed E-state index contributed by atoms with van der Waals surface area (Å²) in [5.41, 5.74) is -0.491. The second-order valence-electron chi connectivity index (χ2n) is 5.92. The highest BCUT2D eigenvalue weighted by Gasteiger charge is 2.30. The maximum Gasteiger partial charge on any atom is 0.410 e. The normalized spacial score (nSPS) is 18.2. The molecule has 2 heterocycles. The number of pyridine rings is 1. The Morgan fingerprint density at radius 1 is 1.48 bits per heavy atom. The van der Waals surface area contributed by atoms with Gasteiger partial charge in [0.15, 0.2) is 11.9 Å². The Morgan fingerprint density at radius 3 is 2.81 bits per heavy atom. The molecule has 1 aliphatic heterocycles. The van der Waals surface area contributed by atoms with Gasteiger partial charge in [-0.05, 0) is 32.9 Å². The lowest BCUT2D eigenvalue weighted by atomic mass is 10.2. The lowest BCUT2D eigenvalue weighted by Gasteiger charge is -2.24. The first-order valence-electron chi connectivity index (χ1n) is 6.85. The minimum absolute atomic E-state index is 0.0712. The van der Waals surface area contributed by atoms with Gasteiger partial charge in [0.05, 0.1) is 6.54 Å². The molecule has 0 unspecified atom stereocenters. The first-order chi connectivity index (χ1) is 9.87. The van der Waals surface area contributed by atoms with Crippen molar-refractivity contribution in [2.45, 2.75) is 38.9 Å². The number of amides is 1. The first kappa shape index (κ1) is 15.1. The molecule has 6 heteroatoms. The van der Waals surface area contributed by atoms with Crippen molar-refractivity contribution in [3.63, 3.8) is 0 Å². The Labute approximate surface area is 124 Å². The third-order valence-corrected chi connectivity index (χ3v) is 2.93. The van der Waals surface area contributed by atoms with E-state index in [4.69, 9.17) is 16.0 Å². The summed E-state index contributed by atoms with van der Waals surface area (Å²) in [6, 6.07) is 3.33. The molecule has 21 heavy (non-hydrogen) atoms. The van der Waals surface area contributed by atoms with Crippen LogP contribution in [-0.2, 0) is 4.74 Å². The molecule has 2 rings (SSSR count). The number of nitrogens with zero attached hydrogens (tertiary/aromatic N) is 3. The van der Waals surface area contributed by atoms with E-state index in [-0.39, 0.29) is 12.2 Å². The number of hydrogen-bond acceptors (Lipinski definition) is 4. The minimum atomic E-state index is -0.491. The smallest absolute Gasteiger partial charge is 0.410 e. The van der Waals surface area contributed by atoms with Crippen molar-refractivity contribution in [2.24, 2.45) is 0 Å². The highest BCUT2D eigenvalue weighted by Crippen LogP contribution is 2.21. The number of ether oxygens (including phenoxy) is 2. The first-order valence-corrected chi connectivity index (χ1v) is 6.85. The SMILES string of the molecule is [C-]#[N+]c1ccc(O[C@H]2CCN(C(=O)OC(C)(C)C)C2)cn1. The average Bonchev–Trinajstić information content (AvgIpc) is 2.86. The van der Waals surface area contributed by atoms with E-state index in [1.54, 1.807) is 17.0 Å². The molecule has 6 nitrogen and oxygen atoms in total. The molecule has 1 fully saturated rings. The fourth-order valence-corrected chi connectivity index (χ4v) is 2.02. The predicted octanol–water partition coefficient (Wildman–Crippen LogP) is 3.02. The number of hydrogen-bond donors (Lipinski definition) is 0. The summed E-state index contributed by atoms with van der Waals surface area (Å²) < 4.78 is 11.1. The largest absolute Gasteiger partial charge is 0.485 e. The van der Waals surface area contributed by atoms with Crippen molar-refractivity contribution in [3.05, 3.63) is 29.7 Å². The zero-order valence-electron chi connectivity index (χ0n) is 12.5. The number of likely N-dealkylation sites (tertiary alicyclic amines) is 1. The molecular formula is C15H19N3O3. The third kappa shape index (κ3) is 4.35. The Kier molecular flexibility index (Phi) is 4.32. The van der Waals surface area contributed by atoms with E-state index in [0.29, 0.717) is 24.7 Å². The highest BCUT2D eigenvalue weighted by atomic mass is 16.6. The van der Waals surface area contributed by atoms with Gasteiger partial charge in [-0.1, -0.05) is 6.57 Å². The van der Waals surface area contributed by atoms with E-state index in [1.165, 1.54) is 6.20 Å². The molecule has 0 aromatic carbocycles. The molecule has 1 aromatic heterocycles. The molecule has 0 saturated carbocycles. The maximum atomic E-state index is 11.9. The summed E-state index contributed by atoms with van der Waals surface area (Å²) in [6.45, 7) is 13.5. The lowest BCUT2D eigenvalue weighted by molar-refractivity contribution is 0.0275. The molecule has 112 valence electrons. The Bertz CT molecular complexity index is 543. The van der Waals surface area contributed by atoms with Gasteiger partial charge in [0.2, 0.25) is 0 Å². The summed E-state index contributed by atoms with van der Waals surface area (Å²) in [4.78, 5) is 20.8. The van der Waals surface area contributed by atoms with Gasteiger partial charge in [-0.2, -0.15) is 0 Å². The molecule has 1 saturated heterocycles. The molecule has 1 amide bonds. The summed E-state index contributed by atoms with van der Waals surface area (Å²) in [6.07, 6.45) is 1.90. The van der Waals surface area contributed by atoms with Gasteiger partial charge >= 0.3 is 6.09 Å². The molecule has 0 radical (unpaired) electrons. The zero-order chi connectivity index (χ0) is 15.5. The van der Waals surface area contributed by atoms with E-state index >= 15 is 0 Å². The van der Waals surface area contributed by atoms with Crippen LogP contribution in [0.25, 0.3) is 4.85 Å². The Balaban J connectivity index is 1.87. The molecular weight excluding hydrogens is 270 g/mol. The van der Waals surface area contributed by atoms with Crippen LogP contribution >= 0.6 is 0 Å². The standard InChI is InChI=1S/C15H19N3O3/c1-15(2,3)21-14(19)18-8-7-12(10-18)20-11-5-6-13(16-4)17-9-11/h5-6,9,12H,7-8,10H2,1-3H3/t12-/m0/s1. The van der Waals surface area contributed by atoms with Gasteiger partial charge in [0, 0.05) is 13.0 Å². The summed E-state index contributed by atoms with van der Waals surface area (Å²) in [5.74, 6) is 0.947. The van der Waals surface area contributed by atoms with Crippen LogP contribution in [0.3, 0.4) is 0 Å². The molecule has 1 aromatic rings. The van der Waals surface area contributed by atoms with Crippen LogP contribution in [0.5, 0.6) is 5.75 Å². The average molecular weight is 289 g/mol. The van der Waals surface area contributed by atoms with Crippen molar-refractivity contribution >= 4 is 11.9 Å². The van der Waals surface area contributed by atoms with Gasteiger partial charge in [-0.25, -0.2) is 4.79 Å². The Hall–Kier alpha value is -2.29. The zero-order valence-corrected chi connectivity index (χ0v) is 12.5. The van der Waals surface area contributed by atoms with E-state index in [0.717, 1.165) is 6.42 Å². The van der Waals surface area contributed by atoms with Crippen LogP contribution in [-0.4, -0.2) is 40.8 Å². The van der Waals surface area contributed by atoms with Crippen LogP contribution in [0.2, 0.25) is 0 Å². The van der Waals surface area contributed by atoms with E-state index in [9.17, 15) is 4.79 Å². The number of aromatic nitrogens is 1. The van der Waals surface area contributed by atoms with E-state index in [1.807, 2.05) is 20.8 Å². The van der Waals surface area contributed by atoms with Crippen molar-refractivity contribution < 1.29 is 14.3 Å². The second kappa shape index (κ2) is 6.00. The van der Waals surface area contributed by atoms with Crippen molar-refractivity contribution in [1.82, 2.24) is 9.88 Å². The highest BCUT2D eigenvalue weighted by molar-refractivity contribution is 5.68. The summed E-state index contributed by atoms with van der Waals surface area (Å²) in [5, 5.41) is 0. The third-order valence-electron chi connectivity index (χ3n) is 2.93. The fraction of sp³-hybridized carbons (Fsp3) is 0.533. The maximum absolute atomic E-state index is 11.9. The molecule has 0 spiro atoms.